The second-order valence-corrected chi connectivity index (χ2v) is 22.0. The van der Waals surface area contributed by atoms with Crippen LogP contribution in [0.25, 0.3) is 32.9 Å². The summed E-state index contributed by atoms with van der Waals surface area (Å²) in [5.74, 6) is -0.409. The summed E-state index contributed by atoms with van der Waals surface area (Å²) >= 11 is 0. The summed E-state index contributed by atoms with van der Waals surface area (Å²) in [4.78, 5) is 18.9. The SMILES string of the molecule is Cc1nc(-c2cc(O)cc3ccc(F)c(CC[Si](C(C)C)(C(C)C)C(C)C)c23)c(F)c2nc(OC(C)C3CCCN3C)nc(N3CC=CCC3)c12. The number of phenolic OH excluding ortho intramolecular Hbond substituents is 1. The van der Waals surface area contributed by atoms with Crippen LogP contribution in [-0.4, -0.2) is 71.9 Å². The fourth-order valence-corrected chi connectivity index (χ4v) is 15.9. The summed E-state index contributed by atoms with van der Waals surface area (Å²) < 4.78 is 39.8. The molecule has 0 saturated carbocycles. The zero-order valence-electron chi connectivity index (χ0n) is 31.9. The smallest absolute Gasteiger partial charge is 0.319 e. The summed E-state index contributed by atoms with van der Waals surface area (Å²) in [6.45, 7) is 20.1. The summed E-state index contributed by atoms with van der Waals surface area (Å²) in [5, 5.41) is 12.7. The fraction of sp³-hybridized carbons (Fsp3) is 0.537. The molecule has 2 aromatic carbocycles. The zero-order valence-corrected chi connectivity index (χ0v) is 32.9. The average molecular weight is 716 g/mol. The van der Waals surface area contributed by atoms with Gasteiger partial charge in [0.1, 0.15) is 34.7 Å². The van der Waals surface area contributed by atoms with Gasteiger partial charge in [-0.05, 0) is 87.7 Å². The van der Waals surface area contributed by atoms with Gasteiger partial charge in [0.2, 0.25) is 0 Å². The lowest BCUT2D eigenvalue weighted by Crippen LogP contribution is -2.44. The highest BCUT2D eigenvalue weighted by atomic mass is 28.3. The third-order valence-corrected chi connectivity index (χ3v) is 19.7. The van der Waals surface area contributed by atoms with Gasteiger partial charge in [0, 0.05) is 24.7 Å². The lowest BCUT2D eigenvalue weighted by Gasteiger charge is -2.43. The van der Waals surface area contributed by atoms with Gasteiger partial charge in [0.05, 0.1) is 19.2 Å². The van der Waals surface area contributed by atoms with Crippen LogP contribution in [0.4, 0.5) is 14.6 Å². The Hall–Kier alpha value is -3.63. The number of nitrogens with zero attached hydrogens (tertiary/aromatic N) is 5. The molecule has 0 aliphatic carbocycles. The molecule has 1 N–H and O–H groups in total. The third-order valence-electron chi connectivity index (χ3n) is 12.1. The number of benzene rings is 2. The van der Waals surface area contributed by atoms with E-state index in [1.807, 2.05) is 13.8 Å². The van der Waals surface area contributed by atoms with Crippen molar-refractivity contribution in [3.05, 3.63) is 59.3 Å². The fourth-order valence-electron chi connectivity index (χ4n) is 9.51. The van der Waals surface area contributed by atoms with Crippen LogP contribution in [-0.2, 0) is 6.42 Å². The Kier molecular flexibility index (Phi) is 10.8. The maximum atomic E-state index is 17.3. The van der Waals surface area contributed by atoms with E-state index in [9.17, 15) is 5.11 Å². The minimum atomic E-state index is -1.89. The maximum absolute atomic E-state index is 17.3. The maximum Gasteiger partial charge on any atom is 0.319 e. The number of aryl methyl sites for hydroxylation is 2. The van der Waals surface area contributed by atoms with E-state index in [4.69, 9.17) is 19.7 Å². The van der Waals surface area contributed by atoms with E-state index in [1.165, 1.54) is 12.1 Å². The predicted octanol–water partition coefficient (Wildman–Crippen LogP) is 9.99. The number of likely N-dealkylation sites (tertiary alicyclic amines) is 1. The van der Waals surface area contributed by atoms with E-state index in [0.717, 1.165) is 38.4 Å². The van der Waals surface area contributed by atoms with Crippen LogP contribution in [0.15, 0.2) is 36.4 Å². The number of hydrogen-bond acceptors (Lipinski definition) is 7. The van der Waals surface area contributed by atoms with Gasteiger partial charge in [-0.3, -0.25) is 4.90 Å². The summed E-state index contributed by atoms with van der Waals surface area (Å²) in [7, 11) is 0.205. The summed E-state index contributed by atoms with van der Waals surface area (Å²) in [5.41, 5.74) is 3.14. The molecule has 0 amide bonds. The Labute approximate surface area is 303 Å². The standard InChI is InChI=1S/C41H55F2N5O2Si/c1-24(2)51(25(3)4,26(5)6)21-17-31-33(42)16-15-29-22-30(49)23-32(36(29)31)38-37(43)39-35(27(7)44-38)40(48-19-11-10-12-20-48)46-41(45-39)50-28(8)34-14-13-18-47(34)9/h10-11,15-16,22-26,28,34,49H,12-14,17-21H2,1-9H3. The number of hydrogen-bond donors (Lipinski definition) is 1. The number of halogens is 2. The molecule has 1 saturated heterocycles. The minimum absolute atomic E-state index is 0.0329. The molecule has 6 rings (SSSR count). The molecule has 0 spiro atoms. The largest absolute Gasteiger partial charge is 0.508 e. The number of aromatic hydroxyl groups is 1. The Balaban J connectivity index is 1.54. The van der Waals surface area contributed by atoms with Crippen LogP contribution >= 0.6 is 0 Å². The first-order chi connectivity index (χ1) is 24.2. The summed E-state index contributed by atoms with van der Waals surface area (Å²) in [6, 6.07) is 7.52. The molecule has 2 aromatic heterocycles. The van der Waals surface area contributed by atoms with Crippen molar-refractivity contribution in [3.63, 3.8) is 0 Å². The number of ether oxygens (including phenoxy) is 1. The van der Waals surface area contributed by atoms with Gasteiger partial charge >= 0.3 is 6.01 Å². The number of phenols is 1. The van der Waals surface area contributed by atoms with Gasteiger partial charge in [0.25, 0.3) is 0 Å². The molecule has 10 heteroatoms. The van der Waals surface area contributed by atoms with Crippen molar-refractivity contribution >= 4 is 35.6 Å². The number of pyridine rings is 1. The van der Waals surface area contributed by atoms with E-state index in [-0.39, 0.29) is 40.9 Å². The van der Waals surface area contributed by atoms with E-state index in [0.29, 0.717) is 68.4 Å². The Bertz CT molecular complexity index is 1930. The molecule has 0 radical (unpaired) electrons. The lowest BCUT2D eigenvalue weighted by molar-refractivity contribution is 0.112. The first kappa shape index (κ1) is 37.1. The number of fused-ring (bicyclic) bond motifs is 2. The Morgan fingerprint density at radius 1 is 0.941 bits per heavy atom. The van der Waals surface area contributed by atoms with Crippen LogP contribution in [0.5, 0.6) is 11.8 Å². The normalized spacial score (nSPS) is 17.9. The molecule has 4 aromatic rings. The monoisotopic (exact) mass is 715 g/mol. The van der Waals surface area contributed by atoms with Crippen molar-refractivity contribution in [2.45, 2.75) is 116 Å². The molecular weight excluding hydrogens is 661 g/mol. The van der Waals surface area contributed by atoms with Gasteiger partial charge in [-0.15, -0.1) is 0 Å². The predicted molar refractivity (Wildman–Crippen MR) is 208 cm³/mol. The molecule has 2 atom stereocenters. The second kappa shape index (κ2) is 14.8. The van der Waals surface area contributed by atoms with Crippen LogP contribution in [0.1, 0.15) is 79.0 Å². The molecule has 7 nitrogen and oxygen atoms in total. The first-order valence-corrected chi connectivity index (χ1v) is 21.3. The van der Waals surface area contributed by atoms with Crippen molar-refractivity contribution in [1.82, 2.24) is 19.9 Å². The lowest BCUT2D eigenvalue weighted by atomic mass is 9.94. The molecule has 4 heterocycles. The van der Waals surface area contributed by atoms with E-state index < -0.39 is 13.9 Å². The van der Waals surface area contributed by atoms with Gasteiger partial charge < -0.3 is 14.7 Å². The van der Waals surface area contributed by atoms with E-state index >= 15 is 8.78 Å². The van der Waals surface area contributed by atoms with Crippen molar-refractivity contribution < 1.29 is 18.6 Å². The van der Waals surface area contributed by atoms with Crippen molar-refractivity contribution in [2.75, 3.05) is 31.6 Å². The van der Waals surface area contributed by atoms with Gasteiger partial charge in [-0.25, -0.2) is 13.8 Å². The highest BCUT2D eigenvalue weighted by Gasteiger charge is 2.42. The number of anilines is 1. The first-order valence-electron chi connectivity index (χ1n) is 18.8. The molecular formula is C41H55F2N5O2Si. The summed E-state index contributed by atoms with van der Waals surface area (Å²) in [6.07, 6.45) is 7.50. The van der Waals surface area contributed by atoms with Crippen LogP contribution < -0.4 is 9.64 Å². The van der Waals surface area contributed by atoms with Crippen LogP contribution in [0, 0.1) is 18.6 Å². The van der Waals surface area contributed by atoms with Crippen LogP contribution in [0.2, 0.25) is 22.7 Å². The second-order valence-electron chi connectivity index (χ2n) is 15.8. The number of likely N-dealkylation sites (N-methyl/N-ethyl adjacent to an activating group) is 1. The molecule has 2 aliphatic heterocycles. The van der Waals surface area contributed by atoms with E-state index in [2.05, 4.69) is 70.5 Å². The van der Waals surface area contributed by atoms with Gasteiger partial charge in [-0.2, -0.15) is 9.97 Å². The minimum Gasteiger partial charge on any atom is -0.508 e. The highest BCUT2D eigenvalue weighted by molar-refractivity contribution is 6.83. The molecule has 1 fully saturated rings. The van der Waals surface area contributed by atoms with Crippen molar-refractivity contribution in [3.8, 4) is 23.0 Å². The molecule has 51 heavy (non-hydrogen) atoms. The van der Waals surface area contributed by atoms with Crippen LogP contribution in [0.3, 0.4) is 0 Å². The highest BCUT2D eigenvalue weighted by Crippen LogP contribution is 2.47. The quantitative estimate of drug-likeness (QED) is 0.122. The van der Waals surface area contributed by atoms with E-state index in [1.54, 1.807) is 12.1 Å². The molecule has 2 aliphatic rings. The average Bonchev–Trinajstić information content (AvgIpc) is 3.52. The van der Waals surface area contributed by atoms with Crippen molar-refractivity contribution in [2.24, 2.45) is 0 Å². The number of aromatic nitrogens is 3. The number of rotatable bonds is 11. The molecule has 2 unspecified atom stereocenters. The topological polar surface area (TPSA) is 74.6 Å². The van der Waals surface area contributed by atoms with Gasteiger partial charge in [0.15, 0.2) is 5.82 Å². The van der Waals surface area contributed by atoms with Crippen molar-refractivity contribution in [1.29, 1.82) is 0 Å². The third kappa shape index (κ3) is 6.86. The Morgan fingerprint density at radius 3 is 2.29 bits per heavy atom. The molecule has 0 bridgehead atoms. The van der Waals surface area contributed by atoms with Gasteiger partial charge in [-0.1, -0.05) is 82.4 Å². The Morgan fingerprint density at radius 2 is 1.67 bits per heavy atom. The zero-order chi connectivity index (χ0) is 36.8. The molecule has 274 valence electrons.